The second kappa shape index (κ2) is 7.21. The van der Waals surface area contributed by atoms with Crippen molar-refractivity contribution in [1.82, 2.24) is 5.32 Å². The molecule has 0 radical (unpaired) electrons. The number of alkyl halides is 3. The van der Waals surface area contributed by atoms with Gasteiger partial charge in [-0.3, -0.25) is 4.79 Å². The molecule has 1 amide bonds. The van der Waals surface area contributed by atoms with Crippen LogP contribution in [0.5, 0.6) is 5.75 Å². The Labute approximate surface area is 133 Å². The number of halogens is 3. The summed E-state index contributed by atoms with van der Waals surface area (Å²) in [6, 6.07) is 3.97. The molecule has 1 aromatic carbocycles. The number of amides is 1. The van der Waals surface area contributed by atoms with Crippen LogP contribution in [0.25, 0.3) is 0 Å². The fourth-order valence-corrected chi connectivity index (χ4v) is 2.07. The van der Waals surface area contributed by atoms with Gasteiger partial charge in [-0.15, -0.1) is 0 Å². The van der Waals surface area contributed by atoms with E-state index in [1.165, 1.54) is 19.2 Å². The molecule has 2 unspecified atom stereocenters. The minimum absolute atomic E-state index is 0.165. The minimum Gasteiger partial charge on any atom is -0.497 e. The Morgan fingerprint density at radius 2 is 1.91 bits per heavy atom. The first-order valence-corrected chi connectivity index (χ1v) is 7.13. The van der Waals surface area contributed by atoms with Gasteiger partial charge in [-0.25, -0.2) is 0 Å². The number of hydrogen-bond acceptors (Lipinski definition) is 3. The van der Waals surface area contributed by atoms with Crippen LogP contribution in [0.1, 0.15) is 38.9 Å². The number of carbonyl (C=O) groups is 1. The lowest BCUT2D eigenvalue weighted by Crippen LogP contribution is -2.48. The molecular weight excluding hydrogens is 311 g/mol. The van der Waals surface area contributed by atoms with Crippen LogP contribution >= 0.6 is 0 Å². The molecule has 130 valence electrons. The Morgan fingerprint density at radius 1 is 1.30 bits per heavy atom. The van der Waals surface area contributed by atoms with Crippen LogP contribution in [-0.4, -0.2) is 30.3 Å². The standard InChI is InChI=1S/C16H22F3NO3/c1-15(2,3)9-12(16(17,18)19)20-14(22)13(21)10-6-5-7-11(8-10)23-4/h5-8,12-13,21H,9H2,1-4H3,(H,20,22). The SMILES string of the molecule is COc1cccc(C(O)C(=O)NC(CC(C)(C)C)C(F)(F)F)c1. The van der Waals surface area contributed by atoms with Gasteiger partial charge in [0.05, 0.1) is 7.11 Å². The molecule has 0 bridgehead atoms. The molecule has 0 aliphatic rings. The fraction of sp³-hybridized carbons (Fsp3) is 0.562. The van der Waals surface area contributed by atoms with Crippen LogP contribution < -0.4 is 10.1 Å². The van der Waals surface area contributed by atoms with E-state index in [2.05, 4.69) is 0 Å². The highest BCUT2D eigenvalue weighted by Crippen LogP contribution is 2.31. The number of hydrogen-bond donors (Lipinski definition) is 2. The number of benzene rings is 1. The van der Waals surface area contributed by atoms with Gasteiger partial charge < -0.3 is 15.2 Å². The molecule has 4 nitrogen and oxygen atoms in total. The molecule has 7 heteroatoms. The first-order chi connectivity index (χ1) is 10.4. The summed E-state index contributed by atoms with van der Waals surface area (Å²) >= 11 is 0. The maximum absolute atomic E-state index is 13.1. The van der Waals surface area contributed by atoms with E-state index in [0.717, 1.165) is 0 Å². The summed E-state index contributed by atoms with van der Waals surface area (Å²) in [5.41, 5.74) is -0.465. The minimum atomic E-state index is -4.59. The van der Waals surface area contributed by atoms with Gasteiger partial charge >= 0.3 is 6.18 Å². The molecule has 2 N–H and O–H groups in total. The van der Waals surface area contributed by atoms with E-state index in [0.29, 0.717) is 5.75 Å². The summed E-state index contributed by atoms with van der Waals surface area (Å²) in [6.45, 7) is 4.95. The van der Waals surface area contributed by atoms with Gasteiger partial charge in [0, 0.05) is 0 Å². The van der Waals surface area contributed by atoms with Crippen molar-refractivity contribution in [2.45, 2.75) is 45.5 Å². The summed E-state index contributed by atoms with van der Waals surface area (Å²) in [6.07, 6.45) is -6.57. The van der Waals surface area contributed by atoms with Gasteiger partial charge in [0.15, 0.2) is 6.10 Å². The second-order valence-corrected chi connectivity index (χ2v) is 6.55. The maximum atomic E-state index is 13.1. The fourth-order valence-electron chi connectivity index (χ4n) is 2.07. The van der Waals surface area contributed by atoms with E-state index in [-0.39, 0.29) is 12.0 Å². The zero-order chi connectivity index (χ0) is 17.8. The zero-order valence-electron chi connectivity index (χ0n) is 13.6. The third-order valence-electron chi connectivity index (χ3n) is 3.19. The number of aliphatic hydroxyl groups is 1. The predicted molar refractivity (Wildman–Crippen MR) is 80.0 cm³/mol. The van der Waals surface area contributed by atoms with Crippen LogP contribution in [0.3, 0.4) is 0 Å². The zero-order valence-corrected chi connectivity index (χ0v) is 13.6. The summed E-state index contributed by atoms with van der Waals surface area (Å²) in [7, 11) is 1.41. The number of carbonyl (C=O) groups excluding carboxylic acids is 1. The molecule has 0 aliphatic heterocycles. The third-order valence-corrected chi connectivity index (χ3v) is 3.19. The molecule has 1 aromatic rings. The molecular formula is C16H22F3NO3. The quantitative estimate of drug-likeness (QED) is 0.870. The molecule has 0 spiro atoms. The highest BCUT2D eigenvalue weighted by molar-refractivity contribution is 5.82. The van der Waals surface area contributed by atoms with Gasteiger partial charge in [-0.1, -0.05) is 32.9 Å². The van der Waals surface area contributed by atoms with Crippen LogP contribution in [0.4, 0.5) is 13.2 Å². The Bertz CT molecular complexity index is 538. The van der Waals surface area contributed by atoms with Crippen molar-refractivity contribution in [3.63, 3.8) is 0 Å². The van der Waals surface area contributed by atoms with Crippen molar-refractivity contribution in [3.05, 3.63) is 29.8 Å². The van der Waals surface area contributed by atoms with Gasteiger partial charge in [0.25, 0.3) is 5.91 Å². The van der Waals surface area contributed by atoms with Crippen molar-refractivity contribution < 1.29 is 27.8 Å². The van der Waals surface area contributed by atoms with Crippen LogP contribution in [0.2, 0.25) is 0 Å². The first-order valence-electron chi connectivity index (χ1n) is 7.13. The molecule has 0 heterocycles. The number of ether oxygens (including phenoxy) is 1. The molecule has 0 saturated carbocycles. The lowest BCUT2D eigenvalue weighted by molar-refractivity contribution is -0.169. The van der Waals surface area contributed by atoms with Crippen LogP contribution in [0.15, 0.2) is 24.3 Å². The van der Waals surface area contributed by atoms with E-state index >= 15 is 0 Å². The topological polar surface area (TPSA) is 58.6 Å². The third kappa shape index (κ3) is 6.09. The summed E-state index contributed by atoms with van der Waals surface area (Å²) in [5, 5.41) is 11.9. The van der Waals surface area contributed by atoms with Gasteiger partial charge in [0.1, 0.15) is 11.8 Å². The Hall–Kier alpha value is -1.76. The normalized spacial score (nSPS) is 15.0. The van der Waals surface area contributed by atoms with Gasteiger partial charge in [0.2, 0.25) is 0 Å². The van der Waals surface area contributed by atoms with E-state index in [1.54, 1.807) is 32.9 Å². The highest BCUT2D eigenvalue weighted by atomic mass is 19.4. The van der Waals surface area contributed by atoms with E-state index < -0.39 is 29.6 Å². The smallest absolute Gasteiger partial charge is 0.408 e. The van der Waals surface area contributed by atoms with Crippen LogP contribution in [0, 0.1) is 5.41 Å². The summed E-state index contributed by atoms with van der Waals surface area (Å²) in [5.74, 6) is -0.693. The second-order valence-electron chi connectivity index (χ2n) is 6.55. The molecule has 0 fully saturated rings. The molecule has 1 rings (SSSR count). The van der Waals surface area contributed by atoms with E-state index in [1.807, 2.05) is 5.32 Å². The van der Waals surface area contributed by atoms with E-state index in [9.17, 15) is 23.1 Å². The average Bonchev–Trinajstić information content (AvgIpc) is 2.43. The largest absolute Gasteiger partial charge is 0.497 e. The van der Waals surface area contributed by atoms with Crippen LogP contribution in [-0.2, 0) is 4.79 Å². The Balaban J connectivity index is 2.89. The molecule has 2 atom stereocenters. The van der Waals surface area contributed by atoms with E-state index in [4.69, 9.17) is 4.74 Å². The van der Waals surface area contributed by atoms with Crippen molar-refractivity contribution in [2.75, 3.05) is 7.11 Å². The molecule has 0 aromatic heterocycles. The van der Waals surface area contributed by atoms with Gasteiger partial charge in [-0.2, -0.15) is 13.2 Å². The number of nitrogens with one attached hydrogen (secondary N) is 1. The Morgan fingerprint density at radius 3 is 2.39 bits per heavy atom. The predicted octanol–water partition coefficient (Wildman–Crippen LogP) is 3.21. The van der Waals surface area contributed by atoms with Crippen molar-refractivity contribution in [3.8, 4) is 5.75 Å². The Kier molecular flexibility index (Phi) is 6.04. The number of aliphatic hydroxyl groups excluding tert-OH is 1. The molecule has 0 aliphatic carbocycles. The summed E-state index contributed by atoms with van der Waals surface area (Å²) < 4.78 is 44.2. The first kappa shape index (κ1) is 19.3. The molecule has 0 saturated heterocycles. The van der Waals surface area contributed by atoms with Crippen molar-refractivity contribution in [1.29, 1.82) is 0 Å². The lowest BCUT2D eigenvalue weighted by Gasteiger charge is -2.29. The number of methoxy groups -OCH3 is 1. The lowest BCUT2D eigenvalue weighted by atomic mass is 9.87. The van der Waals surface area contributed by atoms with Crippen molar-refractivity contribution >= 4 is 5.91 Å². The maximum Gasteiger partial charge on any atom is 0.408 e. The monoisotopic (exact) mass is 333 g/mol. The molecule has 23 heavy (non-hydrogen) atoms. The average molecular weight is 333 g/mol. The van der Waals surface area contributed by atoms with Crippen molar-refractivity contribution in [2.24, 2.45) is 5.41 Å². The number of rotatable bonds is 5. The summed E-state index contributed by atoms with van der Waals surface area (Å²) in [4.78, 5) is 12.0. The van der Waals surface area contributed by atoms with Gasteiger partial charge in [-0.05, 0) is 29.5 Å². The highest BCUT2D eigenvalue weighted by Gasteiger charge is 2.43.